The van der Waals surface area contributed by atoms with Gasteiger partial charge >= 0.3 is 6.09 Å². The molecule has 1 aromatic rings. The number of aryl methyl sites for hydroxylation is 1. The molecule has 0 unspecified atom stereocenters. The number of ether oxygens (including phenoxy) is 1. The van der Waals surface area contributed by atoms with Crippen LogP contribution in [0.5, 0.6) is 0 Å². The van der Waals surface area contributed by atoms with Crippen molar-refractivity contribution >= 4 is 12.4 Å². The van der Waals surface area contributed by atoms with Gasteiger partial charge in [0, 0.05) is 38.3 Å². The zero-order valence-corrected chi connectivity index (χ0v) is 14.5. The minimum Gasteiger partial charge on any atom is -0.444 e. The predicted molar refractivity (Wildman–Crippen MR) is 89.7 cm³/mol. The summed E-state index contributed by atoms with van der Waals surface area (Å²) in [6.07, 6.45) is 0.667. The molecular formula is C18H26N2O3. The summed E-state index contributed by atoms with van der Waals surface area (Å²) in [5.74, 6) is 0. The number of carbonyl (C=O) groups is 2. The molecule has 0 bridgehead atoms. The van der Waals surface area contributed by atoms with Gasteiger partial charge in [-0.05, 0) is 39.3 Å². The highest BCUT2D eigenvalue weighted by Gasteiger charge is 2.26. The Balaban J connectivity index is 1.90. The van der Waals surface area contributed by atoms with Gasteiger partial charge in [-0.15, -0.1) is 0 Å². The van der Waals surface area contributed by atoms with Crippen molar-refractivity contribution in [2.45, 2.75) is 39.8 Å². The quantitative estimate of drug-likeness (QED) is 0.804. The highest BCUT2D eigenvalue weighted by atomic mass is 16.6. The smallest absolute Gasteiger partial charge is 0.410 e. The van der Waals surface area contributed by atoms with E-state index in [0.29, 0.717) is 13.1 Å². The van der Waals surface area contributed by atoms with Crippen LogP contribution in [0.4, 0.5) is 4.79 Å². The molecule has 1 aliphatic heterocycles. The molecule has 1 fully saturated rings. The van der Waals surface area contributed by atoms with Gasteiger partial charge in [-0.25, -0.2) is 4.79 Å². The van der Waals surface area contributed by atoms with Crippen LogP contribution in [0.3, 0.4) is 0 Å². The molecule has 0 saturated carbocycles. The van der Waals surface area contributed by atoms with Crippen molar-refractivity contribution in [3.05, 3.63) is 34.9 Å². The molecule has 0 N–H and O–H groups in total. The number of aldehydes is 1. The minimum absolute atomic E-state index is 0.249. The van der Waals surface area contributed by atoms with E-state index in [-0.39, 0.29) is 6.09 Å². The van der Waals surface area contributed by atoms with Gasteiger partial charge in [0.15, 0.2) is 0 Å². The SMILES string of the molecule is Cc1ccc(CN2CCN(C(=O)OC(C)(C)C)CC2)c(C=O)c1. The minimum atomic E-state index is -0.463. The number of amides is 1. The fourth-order valence-electron chi connectivity index (χ4n) is 2.62. The van der Waals surface area contributed by atoms with Crippen molar-refractivity contribution in [2.75, 3.05) is 26.2 Å². The summed E-state index contributed by atoms with van der Waals surface area (Å²) in [5, 5.41) is 0. The molecule has 1 amide bonds. The first-order chi connectivity index (χ1) is 10.8. The lowest BCUT2D eigenvalue weighted by Gasteiger charge is -2.35. The summed E-state index contributed by atoms with van der Waals surface area (Å²) in [6, 6.07) is 5.96. The molecule has 0 spiro atoms. The van der Waals surface area contributed by atoms with Gasteiger partial charge in [0.1, 0.15) is 11.9 Å². The van der Waals surface area contributed by atoms with Gasteiger partial charge in [-0.3, -0.25) is 9.69 Å². The van der Waals surface area contributed by atoms with Crippen LogP contribution in [0.1, 0.15) is 42.3 Å². The molecule has 5 heteroatoms. The molecule has 2 rings (SSSR count). The van der Waals surface area contributed by atoms with Crippen LogP contribution in [0, 0.1) is 6.92 Å². The Morgan fingerprint density at radius 2 is 1.87 bits per heavy atom. The molecule has 0 atom stereocenters. The summed E-state index contributed by atoms with van der Waals surface area (Å²) in [4.78, 5) is 27.3. The normalized spacial score (nSPS) is 16.3. The highest BCUT2D eigenvalue weighted by molar-refractivity contribution is 5.77. The first-order valence-corrected chi connectivity index (χ1v) is 8.03. The maximum absolute atomic E-state index is 12.1. The van der Waals surface area contributed by atoms with E-state index in [1.165, 1.54) is 0 Å². The summed E-state index contributed by atoms with van der Waals surface area (Å²) >= 11 is 0. The van der Waals surface area contributed by atoms with E-state index in [1.54, 1.807) is 4.90 Å². The third-order valence-corrected chi connectivity index (χ3v) is 3.85. The Hall–Kier alpha value is -1.88. The van der Waals surface area contributed by atoms with Gasteiger partial charge in [0.25, 0.3) is 0 Å². The van der Waals surface area contributed by atoms with Crippen LogP contribution < -0.4 is 0 Å². The van der Waals surface area contributed by atoms with E-state index in [2.05, 4.69) is 4.90 Å². The summed E-state index contributed by atoms with van der Waals surface area (Å²) in [5.41, 5.74) is 2.41. The summed E-state index contributed by atoms with van der Waals surface area (Å²) < 4.78 is 5.40. The van der Waals surface area contributed by atoms with Crippen LogP contribution in [0.2, 0.25) is 0 Å². The molecule has 0 aliphatic carbocycles. The third-order valence-electron chi connectivity index (χ3n) is 3.85. The first kappa shape index (κ1) is 17.5. The van der Waals surface area contributed by atoms with E-state index < -0.39 is 5.60 Å². The molecule has 0 aromatic heterocycles. The van der Waals surface area contributed by atoms with Crippen molar-refractivity contribution in [1.29, 1.82) is 0 Å². The Bertz CT molecular complexity index is 570. The number of hydrogen-bond donors (Lipinski definition) is 0. The topological polar surface area (TPSA) is 49.9 Å². The number of hydrogen-bond acceptors (Lipinski definition) is 4. The molecule has 23 heavy (non-hydrogen) atoms. The Kier molecular flexibility index (Phi) is 5.42. The van der Waals surface area contributed by atoms with E-state index in [0.717, 1.165) is 42.6 Å². The van der Waals surface area contributed by atoms with Crippen molar-refractivity contribution in [2.24, 2.45) is 0 Å². The zero-order valence-electron chi connectivity index (χ0n) is 14.5. The third kappa shape index (κ3) is 5.06. The van der Waals surface area contributed by atoms with Gasteiger partial charge in [0.05, 0.1) is 0 Å². The molecule has 1 saturated heterocycles. The van der Waals surface area contributed by atoms with Gasteiger partial charge in [-0.1, -0.05) is 17.7 Å². The van der Waals surface area contributed by atoms with E-state index in [9.17, 15) is 9.59 Å². The number of carbonyl (C=O) groups excluding carboxylic acids is 2. The monoisotopic (exact) mass is 318 g/mol. The van der Waals surface area contributed by atoms with E-state index >= 15 is 0 Å². The molecule has 126 valence electrons. The first-order valence-electron chi connectivity index (χ1n) is 8.03. The molecule has 5 nitrogen and oxygen atoms in total. The fraction of sp³-hybridized carbons (Fsp3) is 0.556. The Morgan fingerprint density at radius 3 is 2.43 bits per heavy atom. The largest absolute Gasteiger partial charge is 0.444 e. The lowest BCUT2D eigenvalue weighted by Crippen LogP contribution is -2.49. The van der Waals surface area contributed by atoms with Crippen molar-refractivity contribution < 1.29 is 14.3 Å². The van der Waals surface area contributed by atoms with Crippen molar-refractivity contribution in [3.63, 3.8) is 0 Å². The van der Waals surface area contributed by atoms with Crippen LogP contribution in [0.15, 0.2) is 18.2 Å². The summed E-state index contributed by atoms with van der Waals surface area (Å²) in [6.45, 7) is 11.2. The maximum Gasteiger partial charge on any atom is 0.410 e. The molecule has 1 aromatic carbocycles. The fourth-order valence-corrected chi connectivity index (χ4v) is 2.62. The molecule has 0 radical (unpaired) electrons. The summed E-state index contributed by atoms with van der Waals surface area (Å²) in [7, 11) is 0. The van der Waals surface area contributed by atoms with Crippen LogP contribution in [-0.4, -0.2) is 54.0 Å². The zero-order chi connectivity index (χ0) is 17.0. The predicted octanol–water partition coefficient (Wildman–Crippen LogP) is 2.86. The number of benzene rings is 1. The van der Waals surface area contributed by atoms with Gasteiger partial charge < -0.3 is 9.64 Å². The van der Waals surface area contributed by atoms with Crippen LogP contribution in [-0.2, 0) is 11.3 Å². The lowest BCUT2D eigenvalue weighted by atomic mass is 10.0. The van der Waals surface area contributed by atoms with Crippen molar-refractivity contribution in [1.82, 2.24) is 9.80 Å². The second-order valence-corrected chi connectivity index (χ2v) is 7.06. The average Bonchev–Trinajstić information content (AvgIpc) is 2.48. The van der Waals surface area contributed by atoms with Gasteiger partial charge in [0.2, 0.25) is 0 Å². The molecular weight excluding hydrogens is 292 g/mol. The van der Waals surface area contributed by atoms with E-state index in [4.69, 9.17) is 4.74 Å². The average molecular weight is 318 g/mol. The maximum atomic E-state index is 12.1. The Morgan fingerprint density at radius 1 is 1.22 bits per heavy atom. The van der Waals surface area contributed by atoms with Gasteiger partial charge in [-0.2, -0.15) is 0 Å². The van der Waals surface area contributed by atoms with Crippen LogP contribution >= 0.6 is 0 Å². The van der Waals surface area contributed by atoms with Crippen LogP contribution in [0.25, 0.3) is 0 Å². The molecule has 1 heterocycles. The lowest BCUT2D eigenvalue weighted by molar-refractivity contribution is 0.0139. The number of rotatable bonds is 3. The molecule has 1 aliphatic rings. The number of piperazine rings is 1. The van der Waals surface area contributed by atoms with Crippen molar-refractivity contribution in [3.8, 4) is 0 Å². The second kappa shape index (κ2) is 7.13. The standard InChI is InChI=1S/C18H26N2O3/c1-14-5-6-15(16(11-14)13-21)12-19-7-9-20(10-8-19)17(22)23-18(2,3)4/h5-6,11,13H,7-10,12H2,1-4H3. The highest BCUT2D eigenvalue weighted by Crippen LogP contribution is 2.16. The Labute approximate surface area is 138 Å². The second-order valence-electron chi connectivity index (χ2n) is 7.06. The van der Waals surface area contributed by atoms with E-state index in [1.807, 2.05) is 45.9 Å². The number of nitrogens with zero attached hydrogens (tertiary/aromatic N) is 2.